The number of nitrogens with one attached hydrogen (secondary N) is 2. The fraction of sp³-hybridized carbons (Fsp3) is 0. The lowest BCUT2D eigenvalue weighted by molar-refractivity contribution is -0.384. The molecule has 5 rings (SSSR count). The van der Waals surface area contributed by atoms with Crippen LogP contribution >= 0.6 is 0 Å². The quantitative estimate of drug-likeness (QED) is 0.231. The first-order chi connectivity index (χ1) is 13.2. The van der Waals surface area contributed by atoms with E-state index in [1.165, 1.54) is 17.5 Å². The Kier molecular flexibility index (Phi) is 3.26. The van der Waals surface area contributed by atoms with Gasteiger partial charge in [0.05, 0.1) is 10.6 Å². The Morgan fingerprint density at radius 3 is 2.41 bits per heavy atom. The van der Waals surface area contributed by atoms with Crippen LogP contribution < -0.4 is 0 Å². The maximum atomic E-state index is 10.7. The van der Waals surface area contributed by atoms with E-state index < -0.39 is 4.92 Å². The molecule has 7 nitrogen and oxygen atoms in total. The van der Waals surface area contributed by atoms with Crippen molar-refractivity contribution in [2.75, 3.05) is 0 Å². The van der Waals surface area contributed by atoms with Crippen LogP contribution in [0, 0.1) is 10.1 Å². The first-order valence-electron chi connectivity index (χ1n) is 8.37. The lowest BCUT2D eigenvalue weighted by Crippen LogP contribution is -1.85. The van der Waals surface area contributed by atoms with Crippen LogP contribution in [0.15, 0.2) is 77.1 Å². The molecule has 0 aliphatic heterocycles. The number of azo groups is 1. The maximum Gasteiger partial charge on any atom is 0.269 e. The number of nitrogens with zero attached hydrogens (tertiary/aromatic N) is 3. The van der Waals surface area contributed by atoms with Crippen molar-refractivity contribution in [2.24, 2.45) is 10.2 Å². The van der Waals surface area contributed by atoms with Crippen molar-refractivity contribution < 1.29 is 4.92 Å². The van der Waals surface area contributed by atoms with Gasteiger partial charge in [0.1, 0.15) is 0 Å². The summed E-state index contributed by atoms with van der Waals surface area (Å²) in [6, 6.07) is 18.3. The average molecular weight is 355 g/mol. The summed E-state index contributed by atoms with van der Waals surface area (Å²) in [6.45, 7) is 0. The first-order valence-corrected chi connectivity index (χ1v) is 8.37. The van der Waals surface area contributed by atoms with Crippen LogP contribution in [0.2, 0.25) is 0 Å². The number of nitro groups is 1. The van der Waals surface area contributed by atoms with Gasteiger partial charge in [0.15, 0.2) is 5.82 Å². The molecule has 0 amide bonds. The van der Waals surface area contributed by atoms with Crippen molar-refractivity contribution in [3.63, 3.8) is 0 Å². The average Bonchev–Trinajstić information content (AvgIpc) is 3.32. The van der Waals surface area contributed by atoms with Crippen LogP contribution in [0.4, 0.5) is 17.2 Å². The van der Waals surface area contributed by atoms with Gasteiger partial charge < -0.3 is 9.97 Å². The van der Waals surface area contributed by atoms with Crippen molar-refractivity contribution in [3.8, 4) is 0 Å². The van der Waals surface area contributed by atoms with E-state index in [0.717, 1.165) is 27.2 Å². The monoisotopic (exact) mass is 355 g/mol. The molecule has 0 saturated carbocycles. The van der Waals surface area contributed by atoms with Gasteiger partial charge in [-0.1, -0.05) is 12.1 Å². The molecule has 0 atom stereocenters. The smallest absolute Gasteiger partial charge is 0.269 e. The second kappa shape index (κ2) is 5.77. The van der Waals surface area contributed by atoms with E-state index in [0.29, 0.717) is 11.5 Å². The van der Waals surface area contributed by atoms with E-state index in [2.05, 4.69) is 44.5 Å². The third-order valence-corrected chi connectivity index (χ3v) is 4.63. The Morgan fingerprint density at radius 1 is 0.852 bits per heavy atom. The highest BCUT2D eigenvalue weighted by Gasteiger charge is 2.09. The van der Waals surface area contributed by atoms with E-state index in [4.69, 9.17) is 0 Å². The lowest BCUT2D eigenvalue weighted by atomic mass is 10.0. The normalized spacial score (nSPS) is 11.9. The summed E-state index contributed by atoms with van der Waals surface area (Å²) >= 11 is 0. The van der Waals surface area contributed by atoms with Crippen molar-refractivity contribution in [1.82, 2.24) is 9.97 Å². The molecule has 130 valence electrons. The molecule has 0 unspecified atom stereocenters. The molecule has 0 aliphatic rings. The van der Waals surface area contributed by atoms with E-state index in [1.807, 2.05) is 18.3 Å². The van der Waals surface area contributed by atoms with Crippen molar-refractivity contribution in [3.05, 3.63) is 77.0 Å². The molecule has 0 fully saturated rings. The highest BCUT2D eigenvalue weighted by molar-refractivity contribution is 6.19. The molecule has 7 heteroatoms. The van der Waals surface area contributed by atoms with Crippen LogP contribution in [0.25, 0.3) is 32.6 Å². The molecule has 0 bridgehead atoms. The third kappa shape index (κ3) is 2.53. The number of hydrogen-bond donors (Lipinski definition) is 2. The molecule has 0 spiro atoms. The van der Waals surface area contributed by atoms with Gasteiger partial charge in [-0.3, -0.25) is 10.1 Å². The third-order valence-electron chi connectivity index (χ3n) is 4.63. The highest BCUT2D eigenvalue weighted by Crippen LogP contribution is 2.34. The zero-order valence-corrected chi connectivity index (χ0v) is 14.0. The summed E-state index contributed by atoms with van der Waals surface area (Å²) in [4.78, 5) is 16.8. The number of rotatable bonds is 3. The van der Waals surface area contributed by atoms with Gasteiger partial charge in [-0.25, -0.2) is 0 Å². The maximum absolute atomic E-state index is 10.7. The zero-order chi connectivity index (χ0) is 18.4. The molecule has 5 aromatic rings. The summed E-state index contributed by atoms with van der Waals surface area (Å²) in [5.41, 5.74) is 2.65. The van der Waals surface area contributed by atoms with Crippen LogP contribution in [0.5, 0.6) is 0 Å². The zero-order valence-electron chi connectivity index (χ0n) is 14.0. The van der Waals surface area contributed by atoms with Crippen molar-refractivity contribution >= 4 is 49.8 Å². The Morgan fingerprint density at radius 2 is 1.63 bits per heavy atom. The minimum absolute atomic E-state index is 0.0292. The van der Waals surface area contributed by atoms with E-state index in [9.17, 15) is 10.1 Å². The number of hydrogen-bond acceptors (Lipinski definition) is 4. The molecule has 2 aromatic heterocycles. The van der Waals surface area contributed by atoms with Gasteiger partial charge in [0.25, 0.3) is 5.69 Å². The molecule has 3 aromatic carbocycles. The molecule has 27 heavy (non-hydrogen) atoms. The molecular weight excluding hydrogens is 342 g/mol. The number of fused-ring (bicyclic) bond motifs is 5. The molecule has 0 aliphatic carbocycles. The van der Waals surface area contributed by atoms with Gasteiger partial charge in [-0.2, -0.15) is 0 Å². The Hall–Kier alpha value is -4.00. The summed E-state index contributed by atoms with van der Waals surface area (Å²) in [6.07, 6.45) is 1.94. The topological polar surface area (TPSA) is 99.4 Å². The fourth-order valence-electron chi connectivity index (χ4n) is 3.36. The minimum Gasteiger partial charge on any atom is -0.361 e. The number of nitro benzene ring substituents is 1. The molecule has 0 radical (unpaired) electrons. The summed E-state index contributed by atoms with van der Waals surface area (Å²) in [5.74, 6) is 0.628. The molecule has 0 saturated heterocycles. The Labute approximate surface area is 152 Å². The van der Waals surface area contributed by atoms with Gasteiger partial charge in [0, 0.05) is 45.5 Å². The predicted octanol–water partition coefficient (Wildman–Crippen LogP) is 6.13. The molecule has 2 heterocycles. The van der Waals surface area contributed by atoms with Crippen LogP contribution in [0.3, 0.4) is 0 Å². The summed E-state index contributed by atoms with van der Waals surface area (Å²) < 4.78 is 0. The van der Waals surface area contributed by atoms with E-state index in [-0.39, 0.29) is 5.69 Å². The lowest BCUT2D eigenvalue weighted by Gasteiger charge is -2.01. The van der Waals surface area contributed by atoms with Gasteiger partial charge >= 0.3 is 0 Å². The number of non-ortho nitro benzene ring substituents is 1. The van der Waals surface area contributed by atoms with Gasteiger partial charge in [-0.15, -0.1) is 10.2 Å². The van der Waals surface area contributed by atoms with Crippen molar-refractivity contribution in [2.45, 2.75) is 0 Å². The highest BCUT2D eigenvalue weighted by atomic mass is 16.6. The fourth-order valence-corrected chi connectivity index (χ4v) is 3.36. The number of aromatic nitrogens is 2. The minimum atomic E-state index is -0.439. The standard InChI is InChI=1S/C20H13N5O2/c26-25(27)14-5-3-13(4-6-14)23-24-19-11-16-18(22-19)8-2-12-1-7-17-15(20(12)16)9-10-21-17/h1-11,21-22H. The predicted molar refractivity (Wildman–Crippen MR) is 105 cm³/mol. The number of benzene rings is 3. The SMILES string of the molecule is O=[N+]([O-])c1ccc(N=Nc2cc3c(ccc4ccc5[nH]ccc5c43)[nH]2)cc1. The largest absolute Gasteiger partial charge is 0.361 e. The molecular formula is C20H13N5O2. The van der Waals surface area contributed by atoms with Crippen molar-refractivity contribution in [1.29, 1.82) is 0 Å². The first kappa shape index (κ1) is 15.3. The van der Waals surface area contributed by atoms with E-state index >= 15 is 0 Å². The Balaban J connectivity index is 1.59. The second-order valence-corrected chi connectivity index (χ2v) is 6.26. The van der Waals surface area contributed by atoms with Gasteiger partial charge in [0.2, 0.25) is 0 Å². The van der Waals surface area contributed by atoms with Crippen LogP contribution in [-0.2, 0) is 0 Å². The van der Waals surface area contributed by atoms with Gasteiger partial charge in [-0.05, 0) is 41.8 Å². The van der Waals surface area contributed by atoms with Crippen LogP contribution in [-0.4, -0.2) is 14.9 Å². The number of H-pyrrole nitrogens is 2. The summed E-state index contributed by atoms with van der Waals surface area (Å²) in [5, 5.41) is 23.7. The van der Waals surface area contributed by atoms with E-state index in [1.54, 1.807) is 12.1 Å². The van der Waals surface area contributed by atoms with Crippen LogP contribution in [0.1, 0.15) is 0 Å². The summed E-state index contributed by atoms with van der Waals surface area (Å²) in [7, 11) is 0. The number of aromatic amines is 2. The second-order valence-electron chi connectivity index (χ2n) is 6.26. The Bertz CT molecular complexity index is 1350. The molecule has 2 N–H and O–H groups in total.